The number of pyridine rings is 1. The Kier molecular flexibility index (Phi) is 3.46. The Labute approximate surface area is 148 Å². The van der Waals surface area contributed by atoms with Crippen molar-refractivity contribution < 1.29 is 4.79 Å². The molecule has 1 aliphatic carbocycles. The van der Waals surface area contributed by atoms with E-state index in [2.05, 4.69) is 25.9 Å². The largest absolute Gasteiger partial charge is 0.369 e. The number of guanidine groups is 1. The Hall–Kier alpha value is -2.21. The van der Waals surface area contributed by atoms with Gasteiger partial charge in [0.1, 0.15) is 0 Å². The van der Waals surface area contributed by atoms with Crippen LogP contribution in [0.25, 0.3) is 11.3 Å². The maximum atomic E-state index is 12.9. The van der Waals surface area contributed by atoms with E-state index in [1.165, 1.54) is 4.90 Å². The number of nitrogens with zero attached hydrogens (tertiary/aromatic N) is 3. The quantitative estimate of drug-likeness (QED) is 0.883. The van der Waals surface area contributed by atoms with Crippen molar-refractivity contribution in [1.29, 1.82) is 0 Å². The molecule has 1 fully saturated rings. The maximum absolute atomic E-state index is 12.9. The van der Waals surface area contributed by atoms with Crippen molar-refractivity contribution in [2.45, 2.75) is 18.4 Å². The Bertz CT molecular complexity index is 862. The third-order valence-corrected chi connectivity index (χ3v) is 5.25. The van der Waals surface area contributed by atoms with Crippen molar-refractivity contribution in [3.63, 3.8) is 0 Å². The second kappa shape index (κ2) is 5.41. The van der Waals surface area contributed by atoms with Crippen LogP contribution in [0.2, 0.25) is 0 Å². The molecule has 0 spiro atoms. The van der Waals surface area contributed by atoms with Crippen LogP contribution in [0, 0.1) is 5.92 Å². The molecule has 2 heterocycles. The molecule has 0 radical (unpaired) electrons. The number of carbonyl (C=O) groups is 1. The van der Waals surface area contributed by atoms with Crippen molar-refractivity contribution in [3.05, 3.63) is 52.6 Å². The summed E-state index contributed by atoms with van der Waals surface area (Å²) in [4.78, 5) is 23.4. The minimum Gasteiger partial charge on any atom is -0.369 e. The lowest BCUT2D eigenvalue weighted by Gasteiger charge is -2.25. The van der Waals surface area contributed by atoms with Crippen LogP contribution in [0.3, 0.4) is 0 Å². The highest BCUT2D eigenvalue weighted by Crippen LogP contribution is 2.51. The standard InChI is InChI=1S/C18H17BrN4O/c1-23-16(24)18(12-5-6-12,22-17(23)20)13-4-2-3-11(9-13)15-10-14(19)7-8-21-15/h2-4,7-10,12H,5-6H2,1H3,(H2,20,22)/t18-/m1/s1. The first-order chi connectivity index (χ1) is 11.5. The van der Waals surface area contributed by atoms with E-state index in [4.69, 9.17) is 5.73 Å². The number of amides is 1. The molecule has 24 heavy (non-hydrogen) atoms. The number of aliphatic imine (C=N–C) groups is 1. The highest BCUT2D eigenvalue weighted by atomic mass is 79.9. The van der Waals surface area contributed by atoms with Crippen LogP contribution in [-0.4, -0.2) is 28.8 Å². The lowest BCUT2D eigenvalue weighted by atomic mass is 9.84. The van der Waals surface area contributed by atoms with Gasteiger partial charge in [-0.05, 0) is 42.5 Å². The van der Waals surface area contributed by atoms with Crippen LogP contribution >= 0.6 is 15.9 Å². The molecule has 6 heteroatoms. The van der Waals surface area contributed by atoms with Crippen molar-refractivity contribution in [2.24, 2.45) is 16.6 Å². The molecule has 1 saturated carbocycles. The summed E-state index contributed by atoms with van der Waals surface area (Å²) in [5.74, 6) is 0.471. The minimum atomic E-state index is -0.874. The van der Waals surface area contributed by atoms with Gasteiger partial charge in [-0.15, -0.1) is 0 Å². The Morgan fingerprint density at radius 2 is 2.08 bits per heavy atom. The molecule has 1 aromatic heterocycles. The van der Waals surface area contributed by atoms with Crippen molar-refractivity contribution >= 4 is 27.8 Å². The van der Waals surface area contributed by atoms with E-state index in [0.717, 1.165) is 34.1 Å². The molecule has 0 unspecified atom stereocenters. The van der Waals surface area contributed by atoms with Crippen LogP contribution in [0.1, 0.15) is 18.4 Å². The average molecular weight is 385 g/mol. The normalized spacial score (nSPS) is 23.5. The van der Waals surface area contributed by atoms with Gasteiger partial charge in [-0.3, -0.25) is 14.7 Å². The zero-order chi connectivity index (χ0) is 16.9. The van der Waals surface area contributed by atoms with E-state index < -0.39 is 5.54 Å². The summed E-state index contributed by atoms with van der Waals surface area (Å²) in [6.07, 6.45) is 3.75. The van der Waals surface area contributed by atoms with E-state index in [1.54, 1.807) is 13.2 Å². The third-order valence-electron chi connectivity index (χ3n) is 4.75. The highest BCUT2D eigenvalue weighted by molar-refractivity contribution is 9.10. The number of hydrogen-bond donors (Lipinski definition) is 1. The summed E-state index contributed by atoms with van der Waals surface area (Å²) >= 11 is 3.47. The lowest BCUT2D eigenvalue weighted by molar-refractivity contribution is -0.131. The first-order valence-electron chi connectivity index (χ1n) is 7.88. The fourth-order valence-corrected chi connectivity index (χ4v) is 3.67. The van der Waals surface area contributed by atoms with Crippen LogP contribution in [0.4, 0.5) is 0 Å². The van der Waals surface area contributed by atoms with Gasteiger partial charge in [0.25, 0.3) is 5.91 Å². The monoisotopic (exact) mass is 384 g/mol. The number of nitrogens with two attached hydrogens (primary N) is 1. The Morgan fingerprint density at radius 3 is 2.71 bits per heavy atom. The summed E-state index contributed by atoms with van der Waals surface area (Å²) in [5, 5.41) is 0. The fourth-order valence-electron chi connectivity index (χ4n) is 3.33. The van der Waals surface area contributed by atoms with Gasteiger partial charge in [0, 0.05) is 23.3 Å². The molecular formula is C18H17BrN4O. The number of likely N-dealkylation sites (N-methyl/N-ethyl adjacent to an activating group) is 1. The Morgan fingerprint density at radius 1 is 1.29 bits per heavy atom. The molecule has 0 saturated heterocycles. The molecule has 122 valence electrons. The SMILES string of the molecule is CN1C(=O)[C@](c2cccc(-c3cc(Br)ccn3)c2)(C2CC2)N=C1N. The molecular weight excluding hydrogens is 368 g/mol. The van der Waals surface area contributed by atoms with Gasteiger partial charge in [-0.2, -0.15) is 0 Å². The molecule has 5 nitrogen and oxygen atoms in total. The zero-order valence-electron chi connectivity index (χ0n) is 13.2. The van der Waals surface area contributed by atoms with Crippen LogP contribution in [0.15, 0.2) is 52.1 Å². The van der Waals surface area contributed by atoms with Crippen LogP contribution < -0.4 is 5.73 Å². The second-order valence-electron chi connectivity index (χ2n) is 6.31. The van der Waals surface area contributed by atoms with Crippen LogP contribution in [0.5, 0.6) is 0 Å². The molecule has 2 aromatic rings. The van der Waals surface area contributed by atoms with Gasteiger partial charge in [-0.1, -0.05) is 34.1 Å². The van der Waals surface area contributed by atoms with Gasteiger partial charge in [0.05, 0.1) is 5.69 Å². The van der Waals surface area contributed by atoms with E-state index in [-0.39, 0.29) is 17.8 Å². The summed E-state index contributed by atoms with van der Waals surface area (Å²) in [7, 11) is 1.69. The van der Waals surface area contributed by atoms with Gasteiger partial charge < -0.3 is 5.73 Å². The number of hydrogen-bond acceptors (Lipinski definition) is 4. The van der Waals surface area contributed by atoms with E-state index in [0.29, 0.717) is 0 Å². The Balaban J connectivity index is 1.84. The summed E-state index contributed by atoms with van der Waals surface area (Å²) in [5.41, 5.74) is 7.79. The van der Waals surface area contributed by atoms with Gasteiger partial charge in [0.2, 0.25) is 0 Å². The predicted molar refractivity (Wildman–Crippen MR) is 96.2 cm³/mol. The molecule has 2 N–H and O–H groups in total. The molecule has 1 aliphatic heterocycles. The number of carbonyl (C=O) groups excluding carboxylic acids is 1. The molecule has 4 rings (SSSR count). The number of benzene rings is 1. The van der Waals surface area contributed by atoms with Crippen molar-refractivity contribution in [3.8, 4) is 11.3 Å². The smallest absolute Gasteiger partial charge is 0.261 e. The second-order valence-corrected chi connectivity index (χ2v) is 7.23. The van der Waals surface area contributed by atoms with Gasteiger partial charge >= 0.3 is 0 Å². The van der Waals surface area contributed by atoms with E-state index >= 15 is 0 Å². The minimum absolute atomic E-state index is 0.0400. The lowest BCUT2D eigenvalue weighted by Crippen LogP contribution is -2.41. The van der Waals surface area contributed by atoms with E-state index in [1.807, 2.05) is 36.4 Å². The van der Waals surface area contributed by atoms with E-state index in [9.17, 15) is 4.79 Å². The molecule has 2 aliphatic rings. The zero-order valence-corrected chi connectivity index (χ0v) is 14.8. The number of rotatable bonds is 3. The van der Waals surface area contributed by atoms with Crippen molar-refractivity contribution in [2.75, 3.05) is 7.05 Å². The maximum Gasteiger partial charge on any atom is 0.261 e. The summed E-state index contributed by atoms with van der Waals surface area (Å²) in [6.45, 7) is 0. The first-order valence-corrected chi connectivity index (χ1v) is 8.67. The first kappa shape index (κ1) is 15.3. The molecule has 0 bridgehead atoms. The average Bonchev–Trinajstić information content (AvgIpc) is 3.40. The van der Waals surface area contributed by atoms with Gasteiger partial charge in [0.15, 0.2) is 11.5 Å². The summed E-state index contributed by atoms with van der Waals surface area (Å²) in [6, 6.07) is 11.8. The van der Waals surface area contributed by atoms with Crippen molar-refractivity contribution in [1.82, 2.24) is 9.88 Å². The number of halogens is 1. The molecule has 1 amide bonds. The molecule has 1 atom stereocenters. The molecule has 1 aromatic carbocycles. The predicted octanol–water partition coefficient (Wildman–Crippen LogP) is 2.90. The highest BCUT2D eigenvalue weighted by Gasteiger charge is 2.57. The summed E-state index contributed by atoms with van der Waals surface area (Å²) < 4.78 is 0.966. The van der Waals surface area contributed by atoms with Gasteiger partial charge in [-0.25, -0.2) is 4.99 Å². The van der Waals surface area contributed by atoms with Crippen LogP contribution in [-0.2, 0) is 10.3 Å². The topological polar surface area (TPSA) is 71.6 Å². The third kappa shape index (κ3) is 2.24. The fraction of sp³-hybridized carbons (Fsp3) is 0.278. The number of aromatic nitrogens is 1.